The summed E-state index contributed by atoms with van der Waals surface area (Å²) in [5.41, 5.74) is 0.975. The van der Waals surface area contributed by atoms with Gasteiger partial charge in [0.05, 0.1) is 36.1 Å². The molecular formula is C22H23BrClN5O6. The maximum atomic E-state index is 12.6. The third kappa shape index (κ3) is 7.57. The maximum Gasteiger partial charge on any atom is 0.305 e. The molecule has 1 aliphatic heterocycles. The molecular weight excluding hydrogens is 546 g/mol. The minimum absolute atomic E-state index is 0.122. The van der Waals surface area contributed by atoms with E-state index in [0.29, 0.717) is 18.2 Å². The molecule has 13 heteroatoms. The average molecular weight is 569 g/mol. The molecule has 0 spiro atoms. The molecule has 0 fully saturated rings. The van der Waals surface area contributed by atoms with E-state index in [9.17, 15) is 29.7 Å². The van der Waals surface area contributed by atoms with Gasteiger partial charge in [-0.1, -0.05) is 17.7 Å². The Kier molecular flexibility index (Phi) is 8.90. The predicted molar refractivity (Wildman–Crippen MR) is 133 cm³/mol. The van der Waals surface area contributed by atoms with E-state index in [1.54, 1.807) is 24.3 Å². The van der Waals surface area contributed by atoms with Crippen LogP contribution in [0.4, 0.5) is 5.69 Å². The van der Waals surface area contributed by atoms with E-state index in [-0.39, 0.29) is 32.9 Å². The lowest BCUT2D eigenvalue weighted by atomic mass is 10.0. The summed E-state index contributed by atoms with van der Waals surface area (Å²) in [5.74, 6) is -2.17. The summed E-state index contributed by atoms with van der Waals surface area (Å²) in [6, 6.07) is 8.22. The van der Waals surface area contributed by atoms with Crippen molar-refractivity contribution in [1.29, 1.82) is 0 Å². The second-order valence-electron chi connectivity index (χ2n) is 7.66. The summed E-state index contributed by atoms with van der Waals surface area (Å²) in [5, 5.41) is 40.2. The number of nitrogens with zero attached hydrogens (tertiary/aromatic N) is 1. The smallest absolute Gasteiger partial charge is 0.305 e. The second kappa shape index (κ2) is 11.9. The number of aromatic hydroxyl groups is 1. The molecule has 1 unspecified atom stereocenters. The van der Waals surface area contributed by atoms with Crippen LogP contribution in [0.5, 0.6) is 5.75 Å². The quantitative estimate of drug-likeness (QED) is 0.252. The summed E-state index contributed by atoms with van der Waals surface area (Å²) >= 11 is 9.14. The highest BCUT2D eigenvalue weighted by molar-refractivity contribution is 9.10. The number of hydrogen-bond donors (Lipinski definition) is 7. The maximum absolute atomic E-state index is 12.6. The molecule has 0 saturated carbocycles. The van der Waals surface area contributed by atoms with Crippen LogP contribution in [0.15, 0.2) is 45.9 Å². The lowest BCUT2D eigenvalue weighted by Gasteiger charge is -2.20. The monoisotopic (exact) mass is 567 g/mol. The van der Waals surface area contributed by atoms with Gasteiger partial charge in [0, 0.05) is 28.4 Å². The van der Waals surface area contributed by atoms with Gasteiger partial charge in [0.15, 0.2) is 5.96 Å². The minimum Gasteiger partial charge on any atom is -0.506 e. The zero-order chi connectivity index (χ0) is 25.5. The number of guanidine groups is 1. The van der Waals surface area contributed by atoms with Gasteiger partial charge >= 0.3 is 5.97 Å². The molecule has 2 aromatic carbocycles. The second-order valence-corrected chi connectivity index (χ2v) is 8.95. The summed E-state index contributed by atoms with van der Waals surface area (Å²) in [7, 11) is 0. The number of benzene rings is 2. The van der Waals surface area contributed by atoms with E-state index in [4.69, 9.17) is 11.6 Å². The van der Waals surface area contributed by atoms with Crippen LogP contribution in [0, 0.1) is 0 Å². The molecule has 1 aliphatic rings. The van der Waals surface area contributed by atoms with Gasteiger partial charge < -0.3 is 36.6 Å². The Balaban J connectivity index is 1.62. The number of carboxylic acid groups (broad SMARTS) is 1. The number of phenols is 1. The molecule has 2 atom stereocenters. The molecule has 0 saturated heterocycles. The number of β-amino-alcohol motifs (C(OH)–C–C–N with tert-alkyl or cyclic N) is 1. The number of aliphatic imine (C=N–C) groups is 1. The molecule has 0 radical (unpaired) electrons. The molecule has 0 bridgehead atoms. The van der Waals surface area contributed by atoms with Crippen LogP contribution in [0.1, 0.15) is 28.4 Å². The van der Waals surface area contributed by atoms with Crippen LogP contribution in [0.2, 0.25) is 5.02 Å². The topological polar surface area (TPSA) is 172 Å². The van der Waals surface area contributed by atoms with Gasteiger partial charge in [-0.15, -0.1) is 0 Å². The first kappa shape index (κ1) is 26.3. The van der Waals surface area contributed by atoms with Crippen molar-refractivity contribution in [2.24, 2.45) is 4.99 Å². The Morgan fingerprint density at radius 2 is 2.03 bits per heavy atom. The lowest BCUT2D eigenvalue weighted by molar-refractivity contribution is -0.137. The van der Waals surface area contributed by atoms with Gasteiger partial charge in [0.1, 0.15) is 5.75 Å². The minimum atomic E-state index is -1.20. The van der Waals surface area contributed by atoms with E-state index in [0.717, 1.165) is 0 Å². The van der Waals surface area contributed by atoms with Gasteiger partial charge in [-0.05, 0) is 46.3 Å². The first-order valence-corrected chi connectivity index (χ1v) is 11.6. The van der Waals surface area contributed by atoms with E-state index in [2.05, 4.69) is 42.2 Å². The normalized spacial score (nSPS) is 15.9. The zero-order valence-electron chi connectivity index (χ0n) is 18.2. The van der Waals surface area contributed by atoms with E-state index in [1.165, 1.54) is 12.1 Å². The Morgan fingerprint density at radius 1 is 1.26 bits per heavy atom. The van der Waals surface area contributed by atoms with E-state index >= 15 is 0 Å². The number of carbonyl (C=O) groups is 3. The van der Waals surface area contributed by atoms with Crippen LogP contribution in [-0.2, 0) is 9.59 Å². The number of amides is 2. The first-order valence-electron chi connectivity index (χ1n) is 10.4. The molecule has 0 aromatic heterocycles. The zero-order valence-corrected chi connectivity index (χ0v) is 20.6. The number of carbonyl (C=O) groups excluding carboxylic acids is 2. The highest BCUT2D eigenvalue weighted by Crippen LogP contribution is 2.36. The fourth-order valence-electron chi connectivity index (χ4n) is 3.26. The largest absolute Gasteiger partial charge is 0.506 e. The summed E-state index contributed by atoms with van der Waals surface area (Å²) in [6.07, 6.45) is -1.06. The molecule has 11 nitrogen and oxygen atoms in total. The number of hydrogen-bond acceptors (Lipinski definition) is 8. The first-order chi connectivity index (χ1) is 16.6. The molecule has 186 valence electrons. The fraction of sp³-hybridized carbons (Fsp3) is 0.273. The number of phenolic OH excluding ortho intramolecular Hbond substituents is 1. The lowest BCUT2D eigenvalue weighted by Crippen LogP contribution is -2.42. The Bertz CT molecular complexity index is 1160. The predicted octanol–water partition coefficient (Wildman–Crippen LogP) is 1.60. The number of nitrogens with one attached hydrogen (secondary N) is 4. The van der Waals surface area contributed by atoms with Crippen LogP contribution in [-0.4, -0.2) is 64.8 Å². The Labute approximate surface area is 213 Å². The van der Waals surface area contributed by atoms with Gasteiger partial charge in [-0.25, -0.2) is 0 Å². The van der Waals surface area contributed by atoms with Crippen molar-refractivity contribution in [2.75, 3.05) is 25.0 Å². The molecule has 0 aliphatic carbocycles. The summed E-state index contributed by atoms with van der Waals surface area (Å²) < 4.78 is 0.247. The Morgan fingerprint density at radius 3 is 2.71 bits per heavy atom. The molecule has 35 heavy (non-hydrogen) atoms. The number of anilines is 1. The number of halogens is 2. The number of carboxylic acids is 1. The number of aliphatic carboxylic acids is 1. The van der Waals surface area contributed by atoms with Crippen molar-refractivity contribution in [3.05, 3.63) is 57.0 Å². The van der Waals surface area contributed by atoms with Crippen LogP contribution in [0.3, 0.4) is 0 Å². The van der Waals surface area contributed by atoms with Crippen molar-refractivity contribution in [2.45, 2.75) is 18.6 Å². The van der Waals surface area contributed by atoms with Crippen LogP contribution in [0.25, 0.3) is 0 Å². The van der Waals surface area contributed by atoms with Crippen LogP contribution < -0.4 is 21.3 Å². The van der Waals surface area contributed by atoms with Crippen molar-refractivity contribution in [3.8, 4) is 5.75 Å². The molecule has 2 aromatic rings. The van der Waals surface area contributed by atoms with Gasteiger partial charge in [0.25, 0.3) is 5.91 Å². The molecule has 1 heterocycles. The summed E-state index contributed by atoms with van der Waals surface area (Å²) in [6.45, 7) is 0.187. The summed E-state index contributed by atoms with van der Waals surface area (Å²) in [4.78, 5) is 40.5. The van der Waals surface area contributed by atoms with Crippen molar-refractivity contribution < 1.29 is 29.7 Å². The fourth-order valence-corrected chi connectivity index (χ4v) is 4.10. The van der Waals surface area contributed by atoms with E-state index in [1.807, 2.05) is 0 Å². The highest BCUT2D eigenvalue weighted by atomic mass is 79.9. The number of aliphatic hydroxyl groups is 1. The molecule has 7 N–H and O–H groups in total. The Hall–Kier alpha value is -3.35. The SMILES string of the molecule is O=C(O)C[C@H](NC(=O)CNC(=O)c1cccc(NC2=NCC(O)CN2)c1)c1cc(Cl)cc(Br)c1O. The van der Waals surface area contributed by atoms with Gasteiger partial charge in [0.2, 0.25) is 5.91 Å². The highest BCUT2D eigenvalue weighted by Gasteiger charge is 2.23. The van der Waals surface area contributed by atoms with Crippen LogP contribution >= 0.6 is 27.5 Å². The average Bonchev–Trinajstić information content (AvgIpc) is 2.81. The number of aliphatic hydroxyl groups excluding tert-OH is 1. The van der Waals surface area contributed by atoms with Crippen molar-refractivity contribution >= 4 is 57.0 Å². The number of rotatable bonds is 8. The standard InChI is InChI=1S/C22H23BrClN5O6/c23-16-6-12(24)5-15(20(16)34)17(7-19(32)33)29-18(31)10-25-21(35)11-2-1-3-13(4-11)28-22-26-8-14(30)9-27-22/h1-6,14,17,30,34H,7-10H2,(H,25,35)(H,29,31)(H,32,33)(H2,26,27,28)/t17-/m0/s1. The third-order valence-corrected chi connectivity index (χ3v) is 5.73. The molecule has 3 rings (SSSR count). The van der Waals surface area contributed by atoms with Crippen molar-refractivity contribution in [1.82, 2.24) is 16.0 Å². The van der Waals surface area contributed by atoms with E-state index < -0.39 is 42.9 Å². The molecule has 2 amide bonds. The van der Waals surface area contributed by atoms with Gasteiger partial charge in [-0.3, -0.25) is 19.4 Å². The third-order valence-electron chi connectivity index (χ3n) is 4.91. The van der Waals surface area contributed by atoms with Crippen molar-refractivity contribution in [3.63, 3.8) is 0 Å². The van der Waals surface area contributed by atoms with Gasteiger partial charge in [-0.2, -0.15) is 0 Å².